The van der Waals surface area contributed by atoms with Gasteiger partial charge in [-0.25, -0.2) is 0 Å². The summed E-state index contributed by atoms with van der Waals surface area (Å²) in [5, 5.41) is 2.60. The van der Waals surface area contributed by atoms with Gasteiger partial charge in [-0.05, 0) is 39.4 Å². The van der Waals surface area contributed by atoms with E-state index in [1.807, 2.05) is 0 Å². The second kappa shape index (κ2) is 4.58. The maximum Gasteiger partial charge on any atom is 0.0111 e. The van der Waals surface area contributed by atoms with Crippen LogP contribution in [0.4, 0.5) is 0 Å². The summed E-state index contributed by atoms with van der Waals surface area (Å²) in [6.07, 6.45) is 4.32. The van der Waals surface area contributed by atoms with E-state index in [0.29, 0.717) is 5.92 Å². The normalized spacial score (nSPS) is 11.4. The highest BCUT2D eigenvalue weighted by atomic mass is 14.9. The maximum atomic E-state index is 2.26. The number of nitrogens with zero attached hydrogens (tertiary/aromatic N) is 1. The lowest BCUT2D eigenvalue weighted by atomic mass is 9.98. The molecule has 0 aliphatic rings. The van der Waals surface area contributed by atoms with E-state index in [1.165, 1.54) is 27.5 Å². The molecule has 1 nitrogen and oxygen atoms in total. The number of benzene rings is 2. The third-order valence-electron chi connectivity index (χ3n) is 3.68. The highest BCUT2D eigenvalue weighted by Crippen LogP contribution is 2.26. The Kier molecular flexibility index (Phi) is 2.90. The topological polar surface area (TPSA) is 4.93 Å². The number of fused-ring (bicyclic) bond motifs is 1. The SMILES string of the molecule is CC(C)c1ccc(-c2ccc3cn(C)cc3c2)cc1. The zero-order chi connectivity index (χ0) is 13.4. The Labute approximate surface area is 114 Å². The van der Waals surface area contributed by atoms with E-state index in [9.17, 15) is 0 Å². The Bertz CT molecular complexity index is 702. The highest BCUT2D eigenvalue weighted by molar-refractivity contribution is 5.87. The van der Waals surface area contributed by atoms with Crippen molar-refractivity contribution >= 4 is 10.8 Å². The molecule has 0 N–H and O–H groups in total. The van der Waals surface area contributed by atoms with Crippen molar-refractivity contribution in [1.29, 1.82) is 0 Å². The molecule has 0 saturated heterocycles. The molecule has 0 fully saturated rings. The van der Waals surface area contributed by atoms with E-state index < -0.39 is 0 Å². The van der Waals surface area contributed by atoms with Crippen LogP contribution < -0.4 is 0 Å². The van der Waals surface area contributed by atoms with E-state index in [0.717, 1.165) is 0 Å². The standard InChI is InChI=1S/C18H19N/c1-13(2)14-4-6-15(7-5-14)16-8-9-17-11-19(3)12-18(17)10-16/h4-13H,1-3H3. The van der Waals surface area contributed by atoms with Crippen LogP contribution >= 0.6 is 0 Å². The third-order valence-corrected chi connectivity index (χ3v) is 3.68. The van der Waals surface area contributed by atoms with Crippen LogP contribution in [0.15, 0.2) is 54.9 Å². The molecule has 1 aromatic heterocycles. The Hall–Kier alpha value is -2.02. The second-order valence-electron chi connectivity index (χ2n) is 5.54. The van der Waals surface area contributed by atoms with Crippen LogP contribution in [0.3, 0.4) is 0 Å². The van der Waals surface area contributed by atoms with Gasteiger partial charge in [-0.3, -0.25) is 0 Å². The van der Waals surface area contributed by atoms with Crippen molar-refractivity contribution in [2.45, 2.75) is 19.8 Å². The summed E-state index contributed by atoms with van der Waals surface area (Å²) in [6, 6.07) is 15.6. The van der Waals surface area contributed by atoms with Crippen molar-refractivity contribution in [2.75, 3.05) is 0 Å². The van der Waals surface area contributed by atoms with E-state index >= 15 is 0 Å². The summed E-state index contributed by atoms with van der Waals surface area (Å²) >= 11 is 0. The Morgan fingerprint density at radius 1 is 0.789 bits per heavy atom. The van der Waals surface area contributed by atoms with E-state index in [4.69, 9.17) is 0 Å². The first-order chi connectivity index (χ1) is 9.13. The van der Waals surface area contributed by atoms with Gasteiger partial charge in [0.1, 0.15) is 0 Å². The molecule has 0 spiro atoms. The van der Waals surface area contributed by atoms with Gasteiger partial charge < -0.3 is 4.57 Å². The zero-order valence-corrected chi connectivity index (χ0v) is 11.7. The first-order valence-electron chi connectivity index (χ1n) is 6.79. The Balaban J connectivity index is 2.03. The molecule has 2 aromatic carbocycles. The number of rotatable bonds is 2. The number of hydrogen-bond acceptors (Lipinski definition) is 0. The molecule has 19 heavy (non-hydrogen) atoms. The van der Waals surface area contributed by atoms with Gasteiger partial charge in [0.25, 0.3) is 0 Å². The van der Waals surface area contributed by atoms with E-state index in [-0.39, 0.29) is 0 Å². The van der Waals surface area contributed by atoms with Gasteiger partial charge in [-0.15, -0.1) is 0 Å². The molecule has 0 aliphatic heterocycles. The first kappa shape index (κ1) is 12.0. The van der Waals surface area contributed by atoms with Gasteiger partial charge in [0, 0.05) is 19.4 Å². The highest BCUT2D eigenvalue weighted by Gasteiger charge is 2.03. The Morgan fingerprint density at radius 3 is 2.11 bits per heavy atom. The summed E-state index contributed by atoms with van der Waals surface area (Å²) in [7, 11) is 2.07. The summed E-state index contributed by atoms with van der Waals surface area (Å²) in [5.74, 6) is 0.589. The first-order valence-corrected chi connectivity index (χ1v) is 6.79. The fourth-order valence-electron chi connectivity index (χ4n) is 2.52. The molecule has 0 bridgehead atoms. The van der Waals surface area contributed by atoms with E-state index in [1.54, 1.807) is 0 Å². The predicted molar refractivity (Wildman–Crippen MR) is 82.4 cm³/mol. The molecule has 0 amide bonds. The van der Waals surface area contributed by atoms with Crippen molar-refractivity contribution in [3.63, 3.8) is 0 Å². The smallest absolute Gasteiger partial charge is 0.0111 e. The molecule has 0 radical (unpaired) electrons. The average Bonchev–Trinajstić information content (AvgIpc) is 2.77. The lowest BCUT2D eigenvalue weighted by Gasteiger charge is -2.07. The molecule has 3 rings (SSSR count). The maximum absolute atomic E-state index is 2.26. The largest absolute Gasteiger partial charge is 0.356 e. The fraction of sp³-hybridized carbons (Fsp3) is 0.222. The van der Waals surface area contributed by atoms with Gasteiger partial charge in [-0.1, -0.05) is 50.2 Å². The van der Waals surface area contributed by atoms with Crippen LogP contribution in [-0.2, 0) is 7.05 Å². The number of aryl methyl sites for hydroxylation is 1. The fourth-order valence-corrected chi connectivity index (χ4v) is 2.52. The van der Waals surface area contributed by atoms with Crippen molar-refractivity contribution in [3.05, 3.63) is 60.4 Å². The quantitative estimate of drug-likeness (QED) is 0.604. The number of aromatic nitrogens is 1. The summed E-state index contributed by atoms with van der Waals surface area (Å²) in [6.45, 7) is 4.45. The molecule has 1 heteroatoms. The molecule has 1 heterocycles. The van der Waals surface area contributed by atoms with Crippen molar-refractivity contribution in [1.82, 2.24) is 4.57 Å². The second-order valence-corrected chi connectivity index (χ2v) is 5.54. The minimum Gasteiger partial charge on any atom is -0.356 e. The van der Waals surface area contributed by atoms with Gasteiger partial charge in [-0.2, -0.15) is 0 Å². The zero-order valence-electron chi connectivity index (χ0n) is 11.7. The van der Waals surface area contributed by atoms with Crippen molar-refractivity contribution in [3.8, 4) is 11.1 Å². The van der Waals surface area contributed by atoms with Gasteiger partial charge >= 0.3 is 0 Å². The van der Waals surface area contributed by atoms with Crippen LogP contribution in [-0.4, -0.2) is 4.57 Å². The van der Waals surface area contributed by atoms with Crippen molar-refractivity contribution in [2.24, 2.45) is 7.05 Å². The lowest BCUT2D eigenvalue weighted by Crippen LogP contribution is -1.86. The van der Waals surface area contributed by atoms with Crippen LogP contribution in [0.5, 0.6) is 0 Å². The minimum atomic E-state index is 0.589. The molecule has 96 valence electrons. The minimum absolute atomic E-state index is 0.589. The van der Waals surface area contributed by atoms with Gasteiger partial charge in [0.2, 0.25) is 0 Å². The van der Waals surface area contributed by atoms with Crippen LogP contribution in [0.2, 0.25) is 0 Å². The van der Waals surface area contributed by atoms with Crippen LogP contribution in [0, 0.1) is 0 Å². The summed E-state index contributed by atoms with van der Waals surface area (Å²) < 4.78 is 2.11. The van der Waals surface area contributed by atoms with Crippen molar-refractivity contribution < 1.29 is 0 Å². The predicted octanol–water partition coefficient (Wildman–Crippen LogP) is 4.97. The molecule has 0 aliphatic carbocycles. The lowest BCUT2D eigenvalue weighted by molar-refractivity contribution is 0.867. The summed E-state index contributed by atoms with van der Waals surface area (Å²) in [4.78, 5) is 0. The molecule has 0 atom stereocenters. The molecule has 0 unspecified atom stereocenters. The molecule has 3 aromatic rings. The Morgan fingerprint density at radius 2 is 1.42 bits per heavy atom. The average molecular weight is 249 g/mol. The molecular weight excluding hydrogens is 230 g/mol. The molecular formula is C18H19N. The van der Waals surface area contributed by atoms with Gasteiger partial charge in [0.15, 0.2) is 0 Å². The van der Waals surface area contributed by atoms with E-state index in [2.05, 4.69) is 80.3 Å². The third kappa shape index (κ3) is 2.28. The monoisotopic (exact) mass is 249 g/mol. The van der Waals surface area contributed by atoms with Gasteiger partial charge in [0.05, 0.1) is 0 Å². The summed E-state index contributed by atoms with van der Waals surface area (Å²) in [5.41, 5.74) is 3.97. The molecule has 0 saturated carbocycles. The number of hydrogen-bond donors (Lipinski definition) is 0. The van der Waals surface area contributed by atoms with Crippen LogP contribution in [0.25, 0.3) is 21.9 Å². The van der Waals surface area contributed by atoms with Crippen LogP contribution in [0.1, 0.15) is 25.3 Å².